The Kier molecular flexibility index (Phi) is 6.20. The highest BCUT2D eigenvalue weighted by molar-refractivity contribution is 7.91. The van der Waals surface area contributed by atoms with Gasteiger partial charge in [0.25, 0.3) is 0 Å². The first-order valence-corrected chi connectivity index (χ1v) is 12.5. The second-order valence-electron chi connectivity index (χ2n) is 7.19. The summed E-state index contributed by atoms with van der Waals surface area (Å²) < 4.78 is 31.8. The minimum absolute atomic E-state index is 0.119. The molecule has 4 aromatic rings. The van der Waals surface area contributed by atoms with E-state index in [2.05, 4.69) is 11.9 Å². The number of benzene rings is 2. The van der Waals surface area contributed by atoms with Crippen LogP contribution in [0.2, 0.25) is 0 Å². The van der Waals surface area contributed by atoms with Gasteiger partial charge in [0.1, 0.15) is 11.5 Å². The number of aryl methyl sites for hydroxylation is 1. The third kappa shape index (κ3) is 5.03. The molecule has 0 saturated heterocycles. The fourth-order valence-electron chi connectivity index (χ4n) is 3.36. The lowest BCUT2D eigenvalue weighted by molar-refractivity contribution is -0.116. The van der Waals surface area contributed by atoms with Crippen molar-refractivity contribution in [2.75, 3.05) is 10.7 Å². The van der Waals surface area contributed by atoms with E-state index in [9.17, 15) is 13.2 Å². The molecule has 6 nitrogen and oxygen atoms in total. The zero-order valence-corrected chi connectivity index (χ0v) is 18.7. The summed E-state index contributed by atoms with van der Waals surface area (Å²) in [6.07, 6.45) is 2.34. The average Bonchev–Trinajstić information content (AvgIpc) is 3.41. The number of amides is 1. The zero-order valence-electron chi connectivity index (χ0n) is 17.0. The Morgan fingerprint density at radius 1 is 1.06 bits per heavy atom. The van der Waals surface area contributed by atoms with Crippen molar-refractivity contribution in [2.45, 2.75) is 25.6 Å². The molecule has 4 rings (SSSR count). The predicted octanol–water partition coefficient (Wildman–Crippen LogP) is 4.60. The number of fused-ring (bicyclic) bond motifs is 1. The molecule has 2 heterocycles. The van der Waals surface area contributed by atoms with Crippen molar-refractivity contribution in [2.24, 2.45) is 0 Å². The van der Waals surface area contributed by atoms with Crippen LogP contribution in [0.3, 0.4) is 0 Å². The molecule has 8 heteroatoms. The van der Waals surface area contributed by atoms with E-state index in [0.29, 0.717) is 16.5 Å². The molecule has 0 N–H and O–H groups in total. The lowest BCUT2D eigenvalue weighted by Crippen LogP contribution is -2.35. The molecule has 0 spiro atoms. The van der Waals surface area contributed by atoms with Crippen LogP contribution >= 0.6 is 11.3 Å². The number of rotatable bonds is 8. The summed E-state index contributed by atoms with van der Waals surface area (Å²) in [7, 11) is -3.65. The van der Waals surface area contributed by atoms with E-state index in [-0.39, 0.29) is 12.3 Å². The van der Waals surface area contributed by atoms with Gasteiger partial charge in [-0.25, -0.2) is 13.4 Å². The van der Waals surface area contributed by atoms with Crippen LogP contribution in [0.25, 0.3) is 10.2 Å². The van der Waals surface area contributed by atoms with Crippen LogP contribution in [0.4, 0.5) is 5.13 Å². The number of thiazole rings is 1. The summed E-state index contributed by atoms with van der Waals surface area (Å²) >= 11 is 1.37. The number of aromatic nitrogens is 1. The Morgan fingerprint density at radius 3 is 2.58 bits per heavy atom. The van der Waals surface area contributed by atoms with Gasteiger partial charge in [0, 0.05) is 0 Å². The van der Waals surface area contributed by atoms with E-state index in [4.69, 9.17) is 4.42 Å². The molecule has 0 radical (unpaired) electrons. The first kappa shape index (κ1) is 21.3. The van der Waals surface area contributed by atoms with Crippen LogP contribution in [0.5, 0.6) is 0 Å². The van der Waals surface area contributed by atoms with E-state index in [1.807, 2.05) is 24.3 Å². The summed E-state index contributed by atoms with van der Waals surface area (Å²) in [6.45, 7) is 2.17. The second kappa shape index (κ2) is 9.03. The lowest BCUT2D eigenvalue weighted by Gasteiger charge is -2.18. The van der Waals surface area contributed by atoms with Crippen LogP contribution in [0.1, 0.15) is 23.8 Å². The molecule has 2 aromatic heterocycles. The van der Waals surface area contributed by atoms with Gasteiger partial charge in [-0.1, -0.05) is 60.7 Å². The van der Waals surface area contributed by atoms with Gasteiger partial charge in [0.15, 0.2) is 15.0 Å². The monoisotopic (exact) mass is 454 g/mol. The summed E-state index contributed by atoms with van der Waals surface area (Å²) in [4.78, 5) is 19.3. The topological polar surface area (TPSA) is 80.5 Å². The molecule has 2 aromatic carbocycles. The summed E-state index contributed by atoms with van der Waals surface area (Å²) in [5.41, 5.74) is 2.58. The van der Waals surface area contributed by atoms with E-state index in [1.165, 1.54) is 22.5 Å². The molecule has 0 saturated carbocycles. The molecule has 31 heavy (non-hydrogen) atoms. The highest BCUT2D eigenvalue weighted by Gasteiger charge is 2.26. The maximum absolute atomic E-state index is 13.2. The summed E-state index contributed by atoms with van der Waals surface area (Å²) in [5, 5.41) is 0.465. The van der Waals surface area contributed by atoms with Gasteiger partial charge >= 0.3 is 0 Å². The molecule has 0 fully saturated rings. The highest BCUT2D eigenvalue weighted by Crippen LogP contribution is 2.32. The minimum Gasteiger partial charge on any atom is -0.467 e. The molecule has 0 aliphatic heterocycles. The molecular weight excluding hydrogens is 432 g/mol. The van der Waals surface area contributed by atoms with Gasteiger partial charge in [-0.2, -0.15) is 0 Å². The van der Waals surface area contributed by atoms with Crippen LogP contribution in [0.15, 0.2) is 71.3 Å². The quantitative estimate of drug-likeness (QED) is 0.389. The number of hydrogen-bond donors (Lipinski definition) is 0. The summed E-state index contributed by atoms with van der Waals surface area (Å²) in [5.74, 6) is -0.749. The number of hydrogen-bond acceptors (Lipinski definition) is 6. The average molecular weight is 455 g/mol. The molecular formula is C23H22N2O4S2. The van der Waals surface area contributed by atoms with E-state index in [0.717, 1.165) is 22.2 Å². The first-order valence-electron chi connectivity index (χ1n) is 9.90. The predicted molar refractivity (Wildman–Crippen MR) is 123 cm³/mol. The fourth-order valence-corrected chi connectivity index (χ4v) is 5.73. The minimum atomic E-state index is -3.65. The third-order valence-electron chi connectivity index (χ3n) is 4.87. The fraction of sp³-hybridized carbons (Fsp3) is 0.217. The van der Waals surface area contributed by atoms with Gasteiger partial charge in [-0.05, 0) is 35.7 Å². The zero-order chi connectivity index (χ0) is 21.8. The molecule has 0 aliphatic carbocycles. The molecule has 1 amide bonds. The van der Waals surface area contributed by atoms with Crippen molar-refractivity contribution in [3.63, 3.8) is 0 Å². The summed E-state index contributed by atoms with van der Waals surface area (Å²) in [6, 6.07) is 18.3. The van der Waals surface area contributed by atoms with E-state index in [1.54, 1.807) is 36.4 Å². The largest absolute Gasteiger partial charge is 0.467 e. The number of nitrogens with zero attached hydrogens (tertiary/aromatic N) is 2. The van der Waals surface area contributed by atoms with Crippen molar-refractivity contribution in [1.29, 1.82) is 0 Å². The number of carbonyl (C=O) groups excluding carboxylic acids is 1. The Hall–Kier alpha value is -2.97. The maximum Gasteiger partial charge on any atom is 0.244 e. The van der Waals surface area contributed by atoms with Crippen molar-refractivity contribution in [3.05, 3.63) is 83.8 Å². The Bertz CT molecular complexity index is 1280. The molecule has 0 aliphatic rings. The SMILES string of the molecule is CCc1cccc2sc(N(Cc3ccco3)C(=O)CS(=O)(=O)Cc3ccccc3)nc12. The maximum atomic E-state index is 13.2. The second-order valence-corrected chi connectivity index (χ2v) is 10.3. The Labute approximate surface area is 185 Å². The first-order chi connectivity index (χ1) is 14.9. The van der Waals surface area contributed by atoms with Gasteiger partial charge in [-0.3, -0.25) is 9.69 Å². The van der Waals surface area contributed by atoms with Crippen LogP contribution in [-0.2, 0) is 33.4 Å². The number of sulfone groups is 1. The van der Waals surface area contributed by atoms with Crippen LogP contribution in [0, 0.1) is 0 Å². The van der Waals surface area contributed by atoms with Crippen molar-refractivity contribution >= 4 is 42.4 Å². The van der Waals surface area contributed by atoms with Crippen molar-refractivity contribution < 1.29 is 17.6 Å². The van der Waals surface area contributed by atoms with Crippen molar-refractivity contribution in [3.8, 4) is 0 Å². The van der Waals surface area contributed by atoms with Gasteiger partial charge < -0.3 is 4.42 Å². The Morgan fingerprint density at radius 2 is 1.87 bits per heavy atom. The van der Waals surface area contributed by atoms with Crippen LogP contribution < -0.4 is 4.90 Å². The third-order valence-corrected chi connectivity index (χ3v) is 7.37. The molecule has 0 bridgehead atoms. The smallest absolute Gasteiger partial charge is 0.244 e. The van der Waals surface area contributed by atoms with Gasteiger partial charge in [0.05, 0.1) is 28.8 Å². The molecule has 160 valence electrons. The number of anilines is 1. The van der Waals surface area contributed by atoms with Gasteiger partial charge in [0.2, 0.25) is 5.91 Å². The standard InChI is InChI=1S/C23H22N2O4S2/c1-2-18-10-6-12-20-22(18)24-23(30-20)25(14-19-11-7-13-29-19)21(26)16-31(27,28)15-17-8-4-3-5-9-17/h3-13H,2,14-16H2,1H3. The van der Waals surface area contributed by atoms with E-state index < -0.39 is 21.5 Å². The Balaban J connectivity index is 1.64. The normalized spacial score (nSPS) is 11.6. The number of para-hydroxylation sites is 1. The van der Waals surface area contributed by atoms with Crippen LogP contribution in [-0.4, -0.2) is 25.1 Å². The lowest BCUT2D eigenvalue weighted by atomic mass is 10.1. The van der Waals surface area contributed by atoms with Gasteiger partial charge in [-0.15, -0.1) is 0 Å². The number of carbonyl (C=O) groups is 1. The van der Waals surface area contributed by atoms with E-state index >= 15 is 0 Å². The molecule has 0 unspecified atom stereocenters. The van der Waals surface area contributed by atoms with Crippen molar-refractivity contribution in [1.82, 2.24) is 4.98 Å². The highest BCUT2D eigenvalue weighted by atomic mass is 32.2. The molecule has 0 atom stereocenters. The number of furan rings is 1.